The van der Waals surface area contributed by atoms with E-state index in [4.69, 9.17) is 0 Å². The van der Waals surface area contributed by atoms with Crippen molar-refractivity contribution in [2.24, 2.45) is 0 Å². The van der Waals surface area contributed by atoms with Gasteiger partial charge in [-0.1, -0.05) is 36.4 Å². The van der Waals surface area contributed by atoms with Crippen LogP contribution in [0.25, 0.3) is 0 Å². The largest absolute Gasteiger partial charge is 0.507 e. The van der Waals surface area contributed by atoms with Gasteiger partial charge in [0.15, 0.2) is 0 Å². The summed E-state index contributed by atoms with van der Waals surface area (Å²) >= 11 is 1.09. The molecular formula is C19H18N2O4S2. The van der Waals surface area contributed by atoms with Gasteiger partial charge in [0.2, 0.25) is 0 Å². The number of anilines is 1. The molecule has 0 fully saturated rings. The third-order valence-electron chi connectivity index (χ3n) is 3.90. The van der Waals surface area contributed by atoms with Crippen LogP contribution >= 0.6 is 11.3 Å². The third-order valence-corrected chi connectivity index (χ3v) is 6.68. The Morgan fingerprint density at radius 2 is 1.81 bits per heavy atom. The predicted molar refractivity (Wildman–Crippen MR) is 106 cm³/mol. The van der Waals surface area contributed by atoms with Gasteiger partial charge in [0, 0.05) is 6.07 Å². The summed E-state index contributed by atoms with van der Waals surface area (Å²) in [5.41, 5.74) is 1.18. The van der Waals surface area contributed by atoms with E-state index < -0.39 is 15.9 Å². The number of phenols is 1. The molecule has 1 atom stereocenters. The number of aromatic hydroxyl groups is 1. The molecule has 0 bridgehead atoms. The average molecular weight is 402 g/mol. The molecule has 140 valence electrons. The Morgan fingerprint density at radius 3 is 2.44 bits per heavy atom. The molecule has 0 aliphatic heterocycles. The van der Waals surface area contributed by atoms with Crippen LogP contribution in [0.1, 0.15) is 28.9 Å². The predicted octanol–water partition coefficient (Wildman–Crippen LogP) is 3.75. The summed E-state index contributed by atoms with van der Waals surface area (Å²) in [5.74, 6) is -0.754. The molecule has 0 saturated carbocycles. The zero-order chi connectivity index (χ0) is 19.4. The first-order valence-electron chi connectivity index (χ1n) is 8.12. The van der Waals surface area contributed by atoms with Crippen molar-refractivity contribution in [3.05, 3.63) is 77.2 Å². The van der Waals surface area contributed by atoms with Crippen LogP contribution in [0.2, 0.25) is 0 Å². The smallest absolute Gasteiger partial charge is 0.271 e. The number of amides is 1. The zero-order valence-corrected chi connectivity index (χ0v) is 16.0. The van der Waals surface area contributed by atoms with E-state index in [-0.39, 0.29) is 27.3 Å². The summed E-state index contributed by atoms with van der Waals surface area (Å²) in [5, 5.41) is 14.6. The standard InChI is InChI=1S/C19H18N2O4S2/c1-13(14-6-3-2-4-7-14)20-19(23)16-10-9-15(12-17(16)22)21-27(24,25)18-8-5-11-26-18/h2-13,21-22H,1H3,(H,20,23). The highest BCUT2D eigenvalue weighted by molar-refractivity contribution is 7.94. The van der Waals surface area contributed by atoms with Crippen LogP contribution in [-0.4, -0.2) is 19.4 Å². The fourth-order valence-electron chi connectivity index (χ4n) is 2.51. The maximum Gasteiger partial charge on any atom is 0.271 e. The molecule has 0 spiro atoms. The minimum atomic E-state index is -3.72. The van der Waals surface area contributed by atoms with Gasteiger partial charge in [-0.2, -0.15) is 0 Å². The highest BCUT2D eigenvalue weighted by atomic mass is 32.2. The number of phenolic OH excluding ortho intramolecular Hbond substituents is 1. The lowest BCUT2D eigenvalue weighted by Gasteiger charge is -2.15. The van der Waals surface area contributed by atoms with Gasteiger partial charge in [0.1, 0.15) is 9.96 Å². The SMILES string of the molecule is CC(NC(=O)c1ccc(NS(=O)(=O)c2cccs2)cc1O)c1ccccc1. The Bertz CT molecular complexity index is 1030. The quantitative estimate of drug-likeness (QED) is 0.585. The van der Waals surface area contributed by atoms with Crippen LogP contribution in [0.4, 0.5) is 5.69 Å². The molecule has 6 nitrogen and oxygen atoms in total. The molecule has 0 radical (unpaired) electrons. The van der Waals surface area contributed by atoms with E-state index in [9.17, 15) is 18.3 Å². The van der Waals surface area contributed by atoms with Crippen molar-refractivity contribution in [3.63, 3.8) is 0 Å². The molecule has 0 aliphatic carbocycles. The number of thiophene rings is 1. The zero-order valence-electron chi connectivity index (χ0n) is 14.4. The molecule has 0 aliphatic rings. The van der Waals surface area contributed by atoms with E-state index in [0.717, 1.165) is 16.9 Å². The second-order valence-corrected chi connectivity index (χ2v) is 8.73. The molecule has 8 heteroatoms. The Kier molecular flexibility index (Phi) is 5.48. The van der Waals surface area contributed by atoms with E-state index in [1.165, 1.54) is 24.3 Å². The lowest BCUT2D eigenvalue weighted by molar-refractivity contribution is 0.0937. The number of benzene rings is 2. The number of carbonyl (C=O) groups is 1. The number of carbonyl (C=O) groups excluding carboxylic acids is 1. The van der Waals surface area contributed by atoms with Gasteiger partial charge >= 0.3 is 0 Å². The molecule has 2 aromatic carbocycles. The van der Waals surface area contributed by atoms with Crippen molar-refractivity contribution in [2.45, 2.75) is 17.2 Å². The van der Waals surface area contributed by atoms with Crippen LogP contribution in [0.5, 0.6) is 5.75 Å². The normalized spacial score (nSPS) is 12.3. The van der Waals surface area contributed by atoms with Crippen LogP contribution in [-0.2, 0) is 10.0 Å². The van der Waals surface area contributed by atoms with E-state index in [2.05, 4.69) is 10.0 Å². The first-order chi connectivity index (χ1) is 12.9. The van der Waals surface area contributed by atoms with Crippen molar-refractivity contribution < 1.29 is 18.3 Å². The first kappa shape index (κ1) is 18.9. The first-order valence-corrected chi connectivity index (χ1v) is 10.5. The van der Waals surface area contributed by atoms with Crippen molar-refractivity contribution >= 4 is 33.0 Å². The minimum Gasteiger partial charge on any atom is -0.507 e. The number of hydrogen-bond donors (Lipinski definition) is 3. The summed E-state index contributed by atoms with van der Waals surface area (Å²) in [7, 11) is -3.72. The van der Waals surface area contributed by atoms with Crippen molar-refractivity contribution in [1.29, 1.82) is 0 Å². The van der Waals surface area contributed by atoms with E-state index in [1.54, 1.807) is 11.4 Å². The van der Waals surface area contributed by atoms with Crippen LogP contribution < -0.4 is 10.0 Å². The van der Waals surface area contributed by atoms with Crippen molar-refractivity contribution in [3.8, 4) is 5.75 Å². The van der Waals surface area contributed by atoms with E-state index >= 15 is 0 Å². The topological polar surface area (TPSA) is 95.5 Å². The van der Waals surface area contributed by atoms with E-state index in [1.807, 2.05) is 37.3 Å². The summed E-state index contributed by atoms with van der Waals surface area (Å²) < 4.78 is 27.0. The van der Waals surface area contributed by atoms with Gasteiger partial charge < -0.3 is 10.4 Å². The van der Waals surface area contributed by atoms with Crippen LogP contribution in [0.3, 0.4) is 0 Å². The molecule has 1 unspecified atom stereocenters. The fourth-order valence-corrected chi connectivity index (χ4v) is 4.55. The van der Waals surface area contributed by atoms with Gasteiger partial charge in [-0.3, -0.25) is 9.52 Å². The molecule has 1 amide bonds. The highest BCUT2D eigenvalue weighted by Crippen LogP contribution is 2.26. The summed E-state index contributed by atoms with van der Waals surface area (Å²) in [6.07, 6.45) is 0. The third kappa shape index (κ3) is 4.47. The lowest BCUT2D eigenvalue weighted by atomic mass is 10.1. The van der Waals surface area contributed by atoms with Crippen molar-refractivity contribution in [2.75, 3.05) is 4.72 Å². The number of hydrogen-bond acceptors (Lipinski definition) is 5. The van der Waals surface area contributed by atoms with Gasteiger partial charge in [-0.05, 0) is 36.1 Å². The summed E-state index contributed by atoms with van der Waals surface area (Å²) in [6, 6.07) is 16.4. The molecule has 3 aromatic rings. The minimum absolute atomic E-state index is 0.0665. The molecule has 3 N–H and O–H groups in total. The Balaban J connectivity index is 1.74. The second-order valence-electron chi connectivity index (χ2n) is 5.88. The van der Waals surface area contributed by atoms with E-state index in [0.29, 0.717) is 0 Å². The number of nitrogens with one attached hydrogen (secondary N) is 2. The molecule has 1 aromatic heterocycles. The highest BCUT2D eigenvalue weighted by Gasteiger charge is 2.18. The maximum absolute atomic E-state index is 12.4. The van der Waals surface area contributed by atoms with Gasteiger partial charge in [0.25, 0.3) is 15.9 Å². The second kappa shape index (κ2) is 7.81. The van der Waals surface area contributed by atoms with Crippen LogP contribution in [0, 0.1) is 0 Å². The fraction of sp³-hybridized carbons (Fsp3) is 0.105. The van der Waals surface area contributed by atoms with Crippen molar-refractivity contribution in [1.82, 2.24) is 5.32 Å². The molecule has 1 heterocycles. The summed E-state index contributed by atoms with van der Waals surface area (Å²) in [6.45, 7) is 1.84. The molecular weight excluding hydrogens is 384 g/mol. The molecule has 27 heavy (non-hydrogen) atoms. The lowest BCUT2D eigenvalue weighted by Crippen LogP contribution is -2.26. The molecule has 0 saturated heterocycles. The monoisotopic (exact) mass is 402 g/mol. The van der Waals surface area contributed by atoms with Gasteiger partial charge in [-0.15, -0.1) is 11.3 Å². The van der Waals surface area contributed by atoms with Crippen LogP contribution in [0.15, 0.2) is 70.3 Å². The number of sulfonamides is 1. The molecule has 3 rings (SSSR count). The van der Waals surface area contributed by atoms with Gasteiger partial charge in [0.05, 0.1) is 17.3 Å². The average Bonchev–Trinajstić information content (AvgIpc) is 3.18. The number of rotatable bonds is 6. The maximum atomic E-state index is 12.4. The Labute approximate surface area is 161 Å². The Hall–Kier alpha value is -2.84. The Morgan fingerprint density at radius 1 is 1.07 bits per heavy atom. The van der Waals surface area contributed by atoms with Gasteiger partial charge in [-0.25, -0.2) is 8.42 Å². The summed E-state index contributed by atoms with van der Waals surface area (Å²) in [4.78, 5) is 12.4.